The number of halogens is 3. The molecule has 0 heterocycles. The number of amides is 1. The molecule has 6 heteroatoms. The van der Waals surface area contributed by atoms with Gasteiger partial charge in [-0.15, -0.1) is 0 Å². The summed E-state index contributed by atoms with van der Waals surface area (Å²) in [6.07, 6.45) is -0.176. The molecule has 0 unspecified atom stereocenters. The van der Waals surface area contributed by atoms with Crippen molar-refractivity contribution in [1.29, 1.82) is 0 Å². The van der Waals surface area contributed by atoms with Crippen LogP contribution in [0.1, 0.15) is 5.56 Å². The van der Waals surface area contributed by atoms with Crippen molar-refractivity contribution in [3.63, 3.8) is 0 Å². The lowest BCUT2D eigenvalue weighted by Gasteiger charge is -2.08. The molecule has 0 saturated heterocycles. The van der Waals surface area contributed by atoms with E-state index in [1.54, 1.807) is 6.07 Å². The fourth-order valence-corrected chi connectivity index (χ4v) is 1.70. The summed E-state index contributed by atoms with van der Waals surface area (Å²) < 4.78 is 39.4. The maximum atomic E-state index is 13.3. The average Bonchev–Trinajstić information content (AvgIpc) is 2.33. The van der Waals surface area contributed by atoms with Gasteiger partial charge in [0.1, 0.15) is 17.3 Å². The van der Waals surface area contributed by atoms with Crippen LogP contribution in [0, 0.1) is 17.5 Å². The van der Waals surface area contributed by atoms with Crippen LogP contribution >= 0.6 is 0 Å². The number of hydrogen-bond acceptors (Lipinski definition) is 2. The Morgan fingerprint density at radius 2 is 1.75 bits per heavy atom. The van der Waals surface area contributed by atoms with E-state index in [1.807, 2.05) is 5.32 Å². The van der Waals surface area contributed by atoms with Gasteiger partial charge >= 0.3 is 0 Å². The lowest BCUT2D eigenvalue weighted by Crippen LogP contribution is -2.16. The highest BCUT2D eigenvalue weighted by atomic mass is 19.1. The van der Waals surface area contributed by atoms with E-state index in [0.717, 1.165) is 0 Å². The molecule has 20 heavy (non-hydrogen) atoms. The van der Waals surface area contributed by atoms with Gasteiger partial charge in [0.05, 0.1) is 6.42 Å². The van der Waals surface area contributed by atoms with Crippen LogP contribution in [0.25, 0.3) is 0 Å². The topological polar surface area (TPSA) is 49.3 Å². The van der Waals surface area contributed by atoms with Gasteiger partial charge in [0.15, 0.2) is 11.6 Å². The van der Waals surface area contributed by atoms with Crippen LogP contribution in [0.3, 0.4) is 0 Å². The van der Waals surface area contributed by atoms with Crippen LogP contribution in [0.2, 0.25) is 0 Å². The molecule has 2 N–H and O–H groups in total. The van der Waals surface area contributed by atoms with Crippen LogP contribution in [0.4, 0.5) is 18.9 Å². The number of rotatable bonds is 3. The van der Waals surface area contributed by atoms with Gasteiger partial charge in [0, 0.05) is 12.1 Å². The van der Waals surface area contributed by atoms with Gasteiger partial charge in [0.25, 0.3) is 0 Å². The van der Waals surface area contributed by atoms with Gasteiger partial charge in [-0.2, -0.15) is 0 Å². The summed E-state index contributed by atoms with van der Waals surface area (Å²) in [6.45, 7) is 0. The van der Waals surface area contributed by atoms with Crippen LogP contribution in [0.15, 0.2) is 36.4 Å². The fraction of sp³-hybridized carbons (Fsp3) is 0.0714. The fourth-order valence-electron chi connectivity index (χ4n) is 1.70. The molecule has 0 spiro atoms. The van der Waals surface area contributed by atoms with Crippen molar-refractivity contribution in [3.8, 4) is 5.75 Å². The van der Waals surface area contributed by atoms with E-state index in [0.29, 0.717) is 17.7 Å². The first kappa shape index (κ1) is 13.9. The summed E-state index contributed by atoms with van der Waals surface area (Å²) in [7, 11) is 0. The molecule has 0 aliphatic carbocycles. The quantitative estimate of drug-likeness (QED) is 0.908. The van der Waals surface area contributed by atoms with Crippen molar-refractivity contribution in [2.45, 2.75) is 6.42 Å². The first-order valence-corrected chi connectivity index (χ1v) is 5.68. The summed E-state index contributed by atoms with van der Waals surface area (Å²) in [5.74, 6) is -4.14. The van der Waals surface area contributed by atoms with Crippen LogP contribution in [0.5, 0.6) is 5.75 Å². The average molecular weight is 281 g/mol. The zero-order chi connectivity index (χ0) is 14.7. The second kappa shape index (κ2) is 5.64. The van der Waals surface area contributed by atoms with E-state index in [4.69, 9.17) is 0 Å². The summed E-state index contributed by atoms with van der Waals surface area (Å²) >= 11 is 0. The predicted octanol–water partition coefficient (Wildman–Crippen LogP) is 2.99. The van der Waals surface area contributed by atoms with Gasteiger partial charge in [-0.05, 0) is 17.7 Å². The van der Waals surface area contributed by atoms with E-state index < -0.39 is 29.0 Å². The number of carbonyl (C=O) groups is 1. The Bertz CT molecular complexity index is 636. The van der Waals surface area contributed by atoms with Gasteiger partial charge in [-0.1, -0.05) is 12.1 Å². The summed E-state index contributed by atoms with van der Waals surface area (Å²) in [5, 5.41) is 11.3. The normalized spacial score (nSPS) is 10.3. The zero-order valence-electron chi connectivity index (χ0n) is 10.2. The molecule has 0 saturated carbocycles. The van der Waals surface area contributed by atoms with Crippen molar-refractivity contribution < 1.29 is 23.1 Å². The molecule has 3 nitrogen and oxygen atoms in total. The minimum absolute atomic E-state index is 0.0190. The van der Waals surface area contributed by atoms with E-state index in [1.165, 1.54) is 18.2 Å². The third-order valence-electron chi connectivity index (χ3n) is 2.55. The van der Waals surface area contributed by atoms with Gasteiger partial charge in [0.2, 0.25) is 5.91 Å². The van der Waals surface area contributed by atoms with Crippen molar-refractivity contribution >= 4 is 11.6 Å². The smallest absolute Gasteiger partial charge is 0.228 e. The first-order chi connectivity index (χ1) is 9.45. The molecule has 0 aliphatic heterocycles. The second-order valence-electron chi connectivity index (χ2n) is 4.14. The Morgan fingerprint density at radius 1 is 1.10 bits per heavy atom. The van der Waals surface area contributed by atoms with Crippen molar-refractivity contribution in [2.75, 3.05) is 5.32 Å². The SMILES string of the molecule is O=C(Cc1cccc(O)c1)Nc1c(F)cc(F)cc1F. The van der Waals surface area contributed by atoms with Crippen molar-refractivity contribution in [3.05, 3.63) is 59.4 Å². The lowest BCUT2D eigenvalue weighted by atomic mass is 10.1. The number of benzene rings is 2. The van der Waals surface area contributed by atoms with Crippen molar-refractivity contribution in [2.24, 2.45) is 0 Å². The third kappa shape index (κ3) is 3.28. The van der Waals surface area contributed by atoms with Gasteiger partial charge < -0.3 is 10.4 Å². The van der Waals surface area contributed by atoms with E-state index in [2.05, 4.69) is 0 Å². The Hall–Kier alpha value is -2.50. The summed E-state index contributed by atoms with van der Waals surface area (Å²) in [5.41, 5.74) is -0.220. The monoisotopic (exact) mass is 281 g/mol. The van der Waals surface area contributed by atoms with Crippen molar-refractivity contribution in [1.82, 2.24) is 0 Å². The second-order valence-corrected chi connectivity index (χ2v) is 4.14. The molecule has 2 aromatic rings. The molecule has 0 radical (unpaired) electrons. The number of aromatic hydroxyl groups is 1. The molecule has 104 valence electrons. The first-order valence-electron chi connectivity index (χ1n) is 5.68. The standard InChI is InChI=1S/C14H10F3NO2/c15-9-6-11(16)14(12(17)7-9)18-13(20)5-8-2-1-3-10(19)4-8/h1-4,6-7,19H,5H2,(H,18,20). The van der Waals surface area contributed by atoms with Crippen LogP contribution < -0.4 is 5.32 Å². The molecule has 2 aromatic carbocycles. The van der Waals surface area contributed by atoms with E-state index in [9.17, 15) is 23.1 Å². The van der Waals surface area contributed by atoms with E-state index >= 15 is 0 Å². The molecule has 0 aliphatic rings. The highest BCUT2D eigenvalue weighted by Gasteiger charge is 2.14. The van der Waals surface area contributed by atoms with Crippen LogP contribution in [-0.4, -0.2) is 11.0 Å². The molecule has 0 aromatic heterocycles. The minimum atomic E-state index is -1.19. The number of phenols is 1. The molecule has 0 bridgehead atoms. The number of nitrogens with one attached hydrogen (secondary N) is 1. The number of hydrogen-bond donors (Lipinski definition) is 2. The third-order valence-corrected chi connectivity index (χ3v) is 2.55. The Balaban J connectivity index is 2.13. The Kier molecular flexibility index (Phi) is 3.93. The summed E-state index contributed by atoms with van der Waals surface area (Å²) in [6, 6.07) is 6.87. The van der Waals surface area contributed by atoms with Gasteiger partial charge in [-0.25, -0.2) is 13.2 Å². The maximum absolute atomic E-state index is 13.3. The minimum Gasteiger partial charge on any atom is -0.508 e. The molecule has 1 amide bonds. The molecule has 2 rings (SSSR count). The van der Waals surface area contributed by atoms with E-state index in [-0.39, 0.29) is 12.2 Å². The highest BCUT2D eigenvalue weighted by Crippen LogP contribution is 2.20. The predicted molar refractivity (Wildman–Crippen MR) is 66.8 cm³/mol. The number of anilines is 1. The van der Waals surface area contributed by atoms with Crippen LogP contribution in [-0.2, 0) is 11.2 Å². The number of phenolic OH excluding ortho intramolecular Hbond substituents is 1. The molecular weight excluding hydrogens is 271 g/mol. The maximum Gasteiger partial charge on any atom is 0.228 e. The molecule has 0 atom stereocenters. The summed E-state index contributed by atoms with van der Waals surface area (Å²) in [4.78, 5) is 11.7. The molecule has 0 fully saturated rings. The number of carbonyl (C=O) groups excluding carboxylic acids is 1. The lowest BCUT2D eigenvalue weighted by molar-refractivity contribution is -0.115. The Labute approximate surface area is 112 Å². The highest BCUT2D eigenvalue weighted by molar-refractivity contribution is 5.92. The molecular formula is C14H10F3NO2. The Morgan fingerprint density at radius 3 is 2.35 bits per heavy atom. The van der Waals surface area contributed by atoms with Gasteiger partial charge in [-0.3, -0.25) is 4.79 Å². The zero-order valence-corrected chi connectivity index (χ0v) is 10.2. The largest absolute Gasteiger partial charge is 0.508 e.